The number of aryl methyl sites for hydroxylation is 1. The quantitative estimate of drug-likeness (QED) is 0.769. The van der Waals surface area contributed by atoms with Crippen molar-refractivity contribution in [3.63, 3.8) is 0 Å². The van der Waals surface area contributed by atoms with Gasteiger partial charge in [0.15, 0.2) is 0 Å². The number of thiophene rings is 1. The van der Waals surface area contributed by atoms with Crippen LogP contribution in [-0.4, -0.2) is 11.6 Å². The van der Waals surface area contributed by atoms with Crippen LogP contribution in [-0.2, 0) is 12.3 Å². The Balaban J connectivity index is 1.89. The Hall–Kier alpha value is -1.06. The van der Waals surface area contributed by atoms with Crippen molar-refractivity contribution in [1.82, 2.24) is 4.98 Å². The highest BCUT2D eigenvalue weighted by atomic mass is 35.5. The number of ether oxygens (including phenoxy) is 1. The van der Waals surface area contributed by atoms with Gasteiger partial charge < -0.3 is 4.74 Å². The van der Waals surface area contributed by atoms with Crippen LogP contribution in [0.1, 0.15) is 16.1 Å². The molecule has 0 saturated carbocycles. The molecule has 0 amide bonds. The van der Waals surface area contributed by atoms with Gasteiger partial charge in [-0.1, -0.05) is 12.1 Å². The molecule has 2 aromatic heterocycles. The largest absolute Gasteiger partial charge is 0.477 e. The number of alkyl halides is 1. The van der Waals surface area contributed by atoms with Crippen molar-refractivity contribution in [2.24, 2.45) is 0 Å². The zero-order chi connectivity index (χ0) is 12.1. The molecule has 2 heterocycles. The first-order valence-electron chi connectivity index (χ1n) is 5.47. The molecule has 17 heavy (non-hydrogen) atoms. The lowest BCUT2D eigenvalue weighted by Crippen LogP contribution is -2.02. The van der Waals surface area contributed by atoms with E-state index >= 15 is 0 Å². The number of aromatic nitrogens is 1. The fraction of sp³-hybridized carbons (Fsp3) is 0.308. The molecule has 90 valence electrons. The van der Waals surface area contributed by atoms with E-state index in [2.05, 4.69) is 22.5 Å². The van der Waals surface area contributed by atoms with Gasteiger partial charge in [0.25, 0.3) is 0 Å². The molecule has 0 fully saturated rings. The summed E-state index contributed by atoms with van der Waals surface area (Å²) >= 11 is 7.53. The minimum absolute atomic E-state index is 0.494. The monoisotopic (exact) mass is 267 g/mol. The summed E-state index contributed by atoms with van der Waals surface area (Å²) in [5.41, 5.74) is 1.99. The third kappa shape index (κ3) is 3.45. The second-order valence-corrected chi connectivity index (χ2v) is 5.00. The first kappa shape index (κ1) is 12.4. The van der Waals surface area contributed by atoms with Crippen LogP contribution in [0.15, 0.2) is 29.6 Å². The molecule has 2 aromatic rings. The van der Waals surface area contributed by atoms with Crippen LogP contribution in [0.2, 0.25) is 0 Å². The van der Waals surface area contributed by atoms with E-state index in [4.69, 9.17) is 16.3 Å². The van der Waals surface area contributed by atoms with Crippen LogP contribution < -0.4 is 4.74 Å². The van der Waals surface area contributed by atoms with Crippen molar-refractivity contribution in [1.29, 1.82) is 0 Å². The summed E-state index contributed by atoms with van der Waals surface area (Å²) in [6.45, 7) is 2.61. The van der Waals surface area contributed by atoms with E-state index in [1.165, 1.54) is 4.88 Å². The van der Waals surface area contributed by atoms with E-state index in [0.29, 0.717) is 18.4 Å². The van der Waals surface area contributed by atoms with Gasteiger partial charge >= 0.3 is 0 Å². The van der Waals surface area contributed by atoms with Crippen molar-refractivity contribution in [2.45, 2.75) is 19.2 Å². The SMILES string of the molecule is Cc1nc(OCCc2cccs2)ccc1CCl. The predicted octanol–water partition coefficient (Wildman–Crippen LogP) is 3.81. The van der Waals surface area contributed by atoms with Crippen LogP contribution in [0.5, 0.6) is 5.88 Å². The zero-order valence-corrected chi connectivity index (χ0v) is 11.2. The summed E-state index contributed by atoms with van der Waals surface area (Å²) in [5.74, 6) is 1.17. The van der Waals surface area contributed by atoms with Gasteiger partial charge in [0.2, 0.25) is 5.88 Å². The number of hydrogen-bond donors (Lipinski definition) is 0. The van der Waals surface area contributed by atoms with Crippen molar-refractivity contribution in [3.05, 3.63) is 45.8 Å². The topological polar surface area (TPSA) is 22.1 Å². The van der Waals surface area contributed by atoms with Crippen molar-refractivity contribution in [2.75, 3.05) is 6.61 Å². The van der Waals surface area contributed by atoms with Gasteiger partial charge in [-0.05, 0) is 23.9 Å². The highest BCUT2D eigenvalue weighted by Gasteiger charge is 2.02. The van der Waals surface area contributed by atoms with E-state index in [1.807, 2.05) is 19.1 Å². The van der Waals surface area contributed by atoms with Crippen molar-refractivity contribution in [3.8, 4) is 5.88 Å². The molecule has 0 aliphatic rings. The molecule has 0 N–H and O–H groups in total. The van der Waals surface area contributed by atoms with Gasteiger partial charge in [-0.2, -0.15) is 0 Å². The number of halogens is 1. The summed E-state index contributed by atoms with van der Waals surface area (Å²) in [6.07, 6.45) is 0.926. The fourth-order valence-corrected chi connectivity index (χ4v) is 2.47. The van der Waals surface area contributed by atoms with Gasteiger partial charge in [0.05, 0.1) is 6.61 Å². The lowest BCUT2D eigenvalue weighted by atomic mass is 10.2. The molecule has 0 radical (unpaired) electrons. The van der Waals surface area contributed by atoms with Crippen LogP contribution in [0, 0.1) is 6.92 Å². The Labute approximate surface area is 110 Å². The molecule has 0 aliphatic carbocycles. The fourth-order valence-electron chi connectivity index (χ4n) is 1.50. The molecule has 0 aliphatic heterocycles. The Bertz CT molecular complexity index is 470. The number of pyridine rings is 1. The molecule has 0 saturated heterocycles. The molecule has 0 spiro atoms. The molecule has 0 atom stereocenters. The Morgan fingerprint density at radius 2 is 2.24 bits per heavy atom. The van der Waals surface area contributed by atoms with Gasteiger partial charge in [-0.25, -0.2) is 4.98 Å². The van der Waals surface area contributed by atoms with Crippen molar-refractivity contribution < 1.29 is 4.74 Å². The number of nitrogens with zero attached hydrogens (tertiary/aromatic N) is 1. The van der Waals surface area contributed by atoms with Crippen LogP contribution >= 0.6 is 22.9 Å². The van der Waals surface area contributed by atoms with E-state index in [-0.39, 0.29) is 0 Å². The lowest BCUT2D eigenvalue weighted by molar-refractivity contribution is 0.310. The average Bonchev–Trinajstić information content (AvgIpc) is 2.82. The molecular formula is C13H14ClNOS. The molecule has 0 bridgehead atoms. The van der Waals surface area contributed by atoms with Gasteiger partial charge in [-0.3, -0.25) is 0 Å². The highest BCUT2D eigenvalue weighted by molar-refractivity contribution is 7.09. The predicted molar refractivity (Wildman–Crippen MR) is 72.0 cm³/mol. The van der Waals surface area contributed by atoms with Gasteiger partial charge in [0.1, 0.15) is 0 Å². The third-order valence-electron chi connectivity index (χ3n) is 2.49. The second-order valence-electron chi connectivity index (χ2n) is 3.71. The minimum Gasteiger partial charge on any atom is -0.477 e. The first-order chi connectivity index (χ1) is 8.29. The Morgan fingerprint density at radius 1 is 1.35 bits per heavy atom. The maximum Gasteiger partial charge on any atom is 0.213 e. The average molecular weight is 268 g/mol. The summed E-state index contributed by atoms with van der Waals surface area (Å²) in [6, 6.07) is 8.01. The van der Waals surface area contributed by atoms with Gasteiger partial charge in [0, 0.05) is 28.9 Å². The van der Waals surface area contributed by atoms with E-state index < -0.39 is 0 Å². The molecule has 2 rings (SSSR count). The normalized spacial score (nSPS) is 10.5. The molecule has 2 nitrogen and oxygen atoms in total. The third-order valence-corrected chi connectivity index (χ3v) is 3.72. The summed E-state index contributed by atoms with van der Waals surface area (Å²) in [7, 11) is 0. The summed E-state index contributed by atoms with van der Waals surface area (Å²) < 4.78 is 5.61. The number of hydrogen-bond acceptors (Lipinski definition) is 3. The van der Waals surface area contributed by atoms with E-state index in [0.717, 1.165) is 17.7 Å². The molecule has 0 unspecified atom stereocenters. The maximum atomic E-state index is 5.78. The standard InChI is InChI=1S/C13H14ClNOS/c1-10-11(9-14)4-5-13(15-10)16-7-6-12-3-2-8-17-12/h2-5,8H,6-7,9H2,1H3. The first-order valence-corrected chi connectivity index (χ1v) is 6.88. The Morgan fingerprint density at radius 3 is 2.88 bits per heavy atom. The minimum atomic E-state index is 0.494. The molecule has 0 aromatic carbocycles. The molecule has 4 heteroatoms. The molecular weight excluding hydrogens is 254 g/mol. The van der Waals surface area contributed by atoms with Crippen LogP contribution in [0.3, 0.4) is 0 Å². The maximum absolute atomic E-state index is 5.78. The van der Waals surface area contributed by atoms with Gasteiger partial charge in [-0.15, -0.1) is 22.9 Å². The van der Waals surface area contributed by atoms with E-state index in [9.17, 15) is 0 Å². The second kappa shape index (κ2) is 6.03. The highest BCUT2D eigenvalue weighted by Crippen LogP contribution is 2.15. The zero-order valence-electron chi connectivity index (χ0n) is 9.65. The Kier molecular flexibility index (Phi) is 4.40. The smallest absolute Gasteiger partial charge is 0.213 e. The van der Waals surface area contributed by atoms with Crippen LogP contribution in [0.4, 0.5) is 0 Å². The number of rotatable bonds is 5. The summed E-state index contributed by atoms with van der Waals surface area (Å²) in [4.78, 5) is 5.69. The van der Waals surface area contributed by atoms with Crippen molar-refractivity contribution >= 4 is 22.9 Å². The van der Waals surface area contributed by atoms with Crippen LogP contribution in [0.25, 0.3) is 0 Å². The van der Waals surface area contributed by atoms with E-state index in [1.54, 1.807) is 11.3 Å². The summed E-state index contributed by atoms with van der Waals surface area (Å²) in [5, 5.41) is 2.08. The lowest BCUT2D eigenvalue weighted by Gasteiger charge is -2.07.